The lowest BCUT2D eigenvalue weighted by Crippen LogP contribution is -2.47. The Morgan fingerprint density at radius 1 is 1.09 bits per heavy atom. The van der Waals surface area contributed by atoms with Gasteiger partial charge in [-0.25, -0.2) is 0 Å². The lowest BCUT2D eigenvalue weighted by Gasteiger charge is -2.51. The van der Waals surface area contributed by atoms with Crippen LogP contribution < -0.4 is 0 Å². The van der Waals surface area contributed by atoms with Crippen LogP contribution in [0.5, 0.6) is 0 Å². The first-order valence-electron chi connectivity index (χ1n) is 8.68. The molecule has 3 heterocycles. The van der Waals surface area contributed by atoms with Crippen molar-refractivity contribution in [3.05, 3.63) is 46.7 Å². The molecule has 0 N–H and O–H groups in total. The number of ketones is 1. The molecule has 1 aliphatic carbocycles. The smallest absolute Gasteiger partial charge is 0.162 e. The van der Waals surface area contributed by atoms with Gasteiger partial charge in [-0.3, -0.25) is 4.79 Å². The fraction of sp³-hybridized carbons (Fsp3) is 0.526. The number of hydrogen-bond acceptors (Lipinski definition) is 4. The van der Waals surface area contributed by atoms with E-state index in [1.165, 1.54) is 33.9 Å². The zero-order valence-electron chi connectivity index (χ0n) is 13.2. The molecule has 4 heteroatoms. The summed E-state index contributed by atoms with van der Waals surface area (Å²) in [6.45, 7) is 1.08. The largest absolute Gasteiger partial charge is 0.367 e. The Morgan fingerprint density at radius 2 is 1.91 bits per heavy atom. The minimum atomic E-state index is 0.0401. The Hall–Kier alpha value is -0.870. The minimum absolute atomic E-state index is 0.0401. The highest BCUT2D eigenvalue weighted by molar-refractivity contribution is 8.21. The van der Waals surface area contributed by atoms with Crippen LogP contribution in [0.3, 0.4) is 0 Å². The number of rotatable bonds is 0. The van der Waals surface area contributed by atoms with Gasteiger partial charge >= 0.3 is 0 Å². The van der Waals surface area contributed by atoms with E-state index in [1.54, 1.807) is 0 Å². The third-order valence-electron chi connectivity index (χ3n) is 5.74. The van der Waals surface area contributed by atoms with Gasteiger partial charge in [-0.05, 0) is 30.4 Å². The maximum Gasteiger partial charge on any atom is 0.162 e. The Kier molecular flexibility index (Phi) is 3.35. The normalized spacial score (nSPS) is 28.6. The molecule has 1 saturated heterocycles. The van der Waals surface area contributed by atoms with Crippen LogP contribution >= 0.6 is 23.5 Å². The van der Waals surface area contributed by atoms with Crippen molar-refractivity contribution < 1.29 is 4.79 Å². The summed E-state index contributed by atoms with van der Waals surface area (Å²) >= 11 is 4.09. The lowest BCUT2D eigenvalue weighted by atomic mass is 9.79. The summed E-state index contributed by atoms with van der Waals surface area (Å²) in [6.07, 6.45) is 5.11. The average molecular weight is 344 g/mol. The number of thioether (sulfide) groups is 2. The van der Waals surface area contributed by atoms with Crippen LogP contribution in [0, 0.1) is 0 Å². The molecule has 1 spiro atoms. The number of benzene rings is 1. The number of allylic oxidation sites excluding steroid dienone is 1. The Labute approximate surface area is 146 Å². The summed E-state index contributed by atoms with van der Waals surface area (Å²) in [7, 11) is 0. The van der Waals surface area contributed by atoms with Crippen molar-refractivity contribution in [2.45, 2.75) is 42.2 Å². The van der Waals surface area contributed by atoms with E-state index in [-0.39, 0.29) is 4.08 Å². The van der Waals surface area contributed by atoms with E-state index in [9.17, 15) is 4.79 Å². The second kappa shape index (κ2) is 5.32. The van der Waals surface area contributed by atoms with E-state index >= 15 is 0 Å². The lowest BCUT2D eigenvalue weighted by molar-refractivity contribution is -0.116. The number of nitrogens with zero attached hydrogens (tertiary/aromatic N) is 1. The summed E-state index contributed by atoms with van der Waals surface area (Å²) in [5.74, 6) is 2.80. The van der Waals surface area contributed by atoms with Gasteiger partial charge in [0.2, 0.25) is 0 Å². The summed E-state index contributed by atoms with van der Waals surface area (Å²) in [5, 5.41) is 0. The molecular weight excluding hydrogens is 322 g/mol. The average Bonchev–Trinajstić information content (AvgIpc) is 3.03. The van der Waals surface area contributed by atoms with E-state index < -0.39 is 0 Å². The third kappa shape index (κ3) is 2.07. The summed E-state index contributed by atoms with van der Waals surface area (Å²) in [6, 6.07) is 9.44. The predicted molar refractivity (Wildman–Crippen MR) is 97.7 cm³/mol. The van der Waals surface area contributed by atoms with Crippen LogP contribution in [0.1, 0.15) is 42.9 Å². The molecule has 1 aromatic carbocycles. The molecule has 0 amide bonds. The van der Waals surface area contributed by atoms with Gasteiger partial charge in [-0.2, -0.15) is 0 Å². The molecule has 23 heavy (non-hydrogen) atoms. The van der Waals surface area contributed by atoms with Crippen molar-refractivity contribution in [2.24, 2.45) is 0 Å². The first-order valence-corrected chi connectivity index (χ1v) is 10.6. The molecule has 5 rings (SSSR count). The van der Waals surface area contributed by atoms with Gasteiger partial charge < -0.3 is 4.90 Å². The van der Waals surface area contributed by atoms with Crippen molar-refractivity contribution in [3.63, 3.8) is 0 Å². The molecule has 1 atom stereocenters. The fourth-order valence-corrected chi connectivity index (χ4v) is 8.28. The van der Waals surface area contributed by atoms with Gasteiger partial charge in [0.1, 0.15) is 0 Å². The highest BCUT2D eigenvalue weighted by Crippen LogP contribution is 2.60. The minimum Gasteiger partial charge on any atom is -0.367 e. The van der Waals surface area contributed by atoms with E-state index in [1.807, 2.05) is 23.5 Å². The summed E-state index contributed by atoms with van der Waals surface area (Å²) < 4.78 is 0.0401. The van der Waals surface area contributed by atoms with E-state index in [0.717, 1.165) is 38.6 Å². The molecule has 1 aromatic rings. The SMILES string of the molecule is O=C1CCCC2=C1C1(C[C@@H]3c4ccccc4CCN23)SCCS1. The monoisotopic (exact) mass is 343 g/mol. The zero-order valence-corrected chi connectivity index (χ0v) is 14.8. The first-order chi connectivity index (χ1) is 11.3. The highest BCUT2D eigenvalue weighted by atomic mass is 32.2. The zero-order chi connectivity index (χ0) is 15.4. The number of carbonyl (C=O) groups is 1. The molecule has 2 nitrogen and oxygen atoms in total. The van der Waals surface area contributed by atoms with E-state index in [0.29, 0.717) is 11.8 Å². The predicted octanol–water partition coefficient (Wildman–Crippen LogP) is 4.17. The number of fused-ring (bicyclic) bond motifs is 5. The summed E-state index contributed by atoms with van der Waals surface area (Å²) in [4.78, 5) is 15.4. The van der Waals surface area contributed by atoms with Crippen molar-refractivity contribution >= 4 is 29.3 Å². The molecule has 0 aromatic heterocycles. The second-order valence-electron chi connectivity index (χ2n) is 6.91. The highest BCUT2D eigenvalue weighted by Gasteiger charge is 2.52. The van der Waals surface area contributed by atoms with Crippen molar-refractivity contribution in [3.8, 4) is 0 Å². The Morgan fingerprint density at radius 3 is 2.78 bits per heavy atom. The van der Waals surface area contributed by atoms with Gasteiger partial charge in [-0.15, -0.1) is 23.5 Å². The van der Waals surface area contributed by atoms with E-state index in [2.05, 4.69) is 29.2 Å². The second-order valence-corrected chi connectivity index (χ2v) is 9.96. The first kappa shape index (κ1) is 14.5. The molecule has 3 aliphatic heterocycles. The Bertz CT molecular complexity index is 705. The molecular formula is C19H21NOS2. The maximum atomic E-state index is 12.8. The van der Waals surface area contributed by atoms with Gasteiger partial charge in [0.15, 0.2) is 5.78 Å². The molecule has 120 valence electrons. The number of hydrogen-bond donors (Lipinski definition) is 0. The molecule has 4 aliphatic rings. The maximum absolute atomic E-state index is 12.8. The molecule has 0 unspecified atom stereocenters. The van der Waals surface area contributed by atoms with Crippen molar-refractivity contribution in [2.75, 3.05) is 18.1 Å². The van der Waals surface area contributed by atoms with Gasteiger partial charge in [0.05, 0.1) is 10.1 Å². The van der Waals surface area contributed by atoms with Crippen LogP contribution in [0.4, 0.5) is 0 Å². The van der Waals surface area contributed by atoms with E-state index in [4.69, 9.17) is 0 Å². The van der Waals surface area contributed by atoms with Crippen LogP contribution in [0.15, 0.2) is 35.5 Å². The molecule has 0 radical (unpaired) electrons. The van der Waals surface area contributed by atoms with Crippen LogP contribution in [-0.2, 0) is 11.2 Å². The van der Waals surface area contributed by atoms with Gasteiger partial charge in [0, 0.05) is 42.2 Å². The quantitative estimate of drug-likeness (QED) is 0.704. The molecule has 0 saturated carbocycles. The Balaban J connectivity index is 1.68. The topological polar surface area (TPSA) is 20.3 Å². The van der Waals surface area contributed by atoms with Crippen molar-refractivity contribution in [1.29, 1.82) is 0 Å². The van der Waals surface area contributed by atoms with Crippen LogP contribution in [0.25, 0.3) is 0 Å². The summed E-state index contributed by atoms with van der Waals surface area (Å²) in [5.41, 5.74) is 5.62. The van der Waals surface area contributed by atoms with Crippen molar-refractivity contribution in [1.82, 2.24) is 4.90 Å². The fourth-order valence-electron chi connectivity index (χ4n) is 4.82. The number of Topliss-reactive ketones (excluding diaryl/α,β-unsaturated/α-hetero) is 1. The van der Waals surface area contributed by atoms with Gasteiger partial charge in [-0.1, -0.05) is 24.3 Å². The number of carbonyl (C=O) groups excluding carboxylic acids is 1. The molecule has 0 bridgehead atoms. The van der Waals surface area contributed by atoms with Crippen LogP contribution in [0.2, 0.25) is 0 Å². The third-order valence-corrected chi connectivity index (χ3v) is 9.20. The van der Waals surface area contributed by atoms with Crippen LogP contribution in [-0.4, -0.2) is 32.8 Å². The van der Waals surface area contributed by atoms with Gasteiger partial charge in [0.25, 0.3) is 0 Å². The standard InChI is InChI=1S/C19H21NOS2/c21-17-7-3-6-15-18(17)19(22-10-11-23-19)12-16-14-5-2-1-4-13(14)8-9-20(15)16/h1-2,4-5,16H,3,6-12H2/t16-/m1/s1. The molecule has 1 fully saturated rings.